The van der Waals surface area contributed by atoms with E-state index < -0.39 is 0 Å². The van der Waals surface area contributed by atoms with E-state index in [4.69, 9.17) is 10.5 Å². The summed E-state index contributed by atoms with van der Waals surface area (Å²) in [4.78, 5) is 13.9. The minimum absolute atomic E-state index is 0.0441. The molecule has 1 atom stereocenters. The van der Waals surface area contributed by atoms with Crippen molar-refractivity contribution in [3.63, 3.8) is 0 Å². The van der Waals surface area contributed by atoms with Gasteiger partial charge in [0.05, 0.1) is 7.11 Å². The molecule has 0 aromatic heterocycles. The molecule has 0 aliphatic rings. The SMILES string of the molecule is CCC(N)CC(=O)N(CC)Cc1ccc(OC)cc1. The van der Waals surface area contributed by atoms with E-state index in [9.17, 15) is 4.79 Å². The molecule has 0 aliphatic heterocycles. The summed E-state index contributed by atoms with van der Waals surface area (Å²) in [6.45, 7) is 5.30. The fourth-order valence-electron chi connectivity index (χ4n) is 1.83. The van der Waals surface area contributed by atoms with Crippen LogP contribution in [0.3, 0.4) is 0 Å². The highest BCUT2D eigenvalue weighted by atomic mass is 16.5. The van der Waals surface area contributed by atoms with E-state index in [-0.39, 0.29) is 11.9 Å². The molecular formula is C15H24N2O2. The van der Waals surface area contributed by atoms with Crippen molar-refractivity contribution in [1.82, 2.24) is 4.90 Å². The van der Waals surface area contributed by atoms with Gasteiger partial charge >= 0.3 is 0 Å². The van der Waals surface area contributed by atoms with Gasteiger partial charge in [0.1, 0.15) is 5.75 Å². The van der Waals surface area contributed by atoms with Gasteiger partial charge in [0, 0.05) is 25.6 Å². The number of methoxy groups -OCH3 is 1. The number of hydrogen-bond donors (Lipinski definition) is 1. The van der Waals surface area contributed by atoms with Crippen LogP contribution >= 0.6 is 0 Å². The molecule has 0 spiro atoms. The summed E-state index contributed by atoms with van der Waals surface area (Å²) in [5, 5.41) is 0. The third-order valence-corrected chi connectivity index (χ3v) is 3.23. The smallest absolute Gasteiger partial charge is 0.224 e. The minimum atomic E-state index is -0.0441. The Morgan fingerprint density at radius 1 is 1.32 bits per heavy atom. The van der Waals surface area contributed by atoms with Gasteiger partial charge < -0.3 is 15.4 Å². The summed E-state index contributed by atoms with van der Waals surface area (Å²) >= 11 is 0. The van der Waals surface area contributed by atoms with Gasteiger partial charge in [0.2, 0.25) is 5.91 Å². The summed E-state index contributed by atoms with van der Waals surface area (Å²) in [5.74, 6) is 0.943. The van der Waals surface area contributed by atoms with Crippen molar-refractivity contribution >= 4 is 5.91 Å². The van der Waals surface area contributed by atoms with Crippen molar-refractivity contribution in [2.24, 2.45) is 5.73 Å². The minimum Gasteiger partial charge on any atom is -0.497 e. The molecule has 0 aliphatic carbocycles. The molecule has 4 nitrogen and oxygen atoms in total. The van der Waals surface area contributed by atoms with Gasteiger partial charge in [-0.15, -0.1) is 0 Å². The summed E-state index contributed by atoms with van der Waals surface area (Å²) in [5.41, 5.74) is 6.93. The Kier molecular flexibility index (Phi) is 6.36. The molecule has 0 saturated carbocycles. The quantitative estimate of drug-likeness (QED) is 0.821. The highest BCUT2D eigenvalue weighted by Crippen LogP contribution is 2.13. The zero-order chi connectivity index (χ0) is 14.3. The molecule has 0 heterocycles. The van der Waals surface area contributed by atoms with Gasteiger partial charge in [-0.1, -0.05) is 19.1 Å². The van der Waals surface area contributed by atoms with E-state index in [0.717, 1.165) is 17.7 Å². The molecule has 106 valence electrons. The molecule has 4 heteroatoms. The second kappa shape index (κ2) is 7.79. The lowest BCUT2D eigenvalue weighted by Crippen LogP contribution is -2.35. The van der Waals surface area contributed by atoms with Crippen LogP contribution < -0.4 is 10.5 Å². The first-order valence-corrected chi connectivity index (χ1v) is 6.77. The lowest BCUT2D eigenvalue weighted by atomic mass is 10.1. The lowest BCUT2D eigenvalue weighted by Gasteiger charge is -2.22. The first kappa shape index (κ1) is 15.5. The highest BCUT2D eigenvalue weighted by molar-refractivity contribution is 5.76. The van der Waals surface area contributed by atoms with Gasteiger partial charge in [-0.3, -0.25) is 4.79 Å². The van der Waals surface area contributed by atoms with Crippen LogP contribution in [0.15, 0.2) is 24.3 Å². The lowest BCUT2D eigenvalue weighted by molar-refractivity contribution is -0.132. The molecule has 2 N–H and O–H groups in total. The number of carbonyl (C=O) groups is 1. The van der Waals surface area contributed by atoms with Gasteiger partial charge in [0.15, 0.2) is 0 Å². The Labute approximate surface area is 115 Å². The van der Waals surface area contributed by atoms with Gasteiger partial charge in [-0.25, -0.2) is 0 Å². The molecule has 0 saturated heterocycles. The monoisotopic (exact) mass is 264 g/mol. The fraction of sp³-hybridized carbons (Fsp3) is 0.533. The zero-order valence-corrected chi connectivity index (χ0v) is 12.1. The molecule has 1 aromatic rings. The van der Waals surface area contributed by atoms with E-state index in [1.807, 2.05) is 43.0 Å². The van der Waals surface area contributed by atoms with Crippen molar-refractivity contribution in [1.29, 1.82) is 0 Å². The summed E-state index contributed by atoms with van der Waals surface area (Å²) in [6.07, 6.45) is 1.24. The first-order chi connectivity index (χ1) is 9.10. The molecule has 1 aromatic carbocycles. The number of hydrogen-bond acceptors (Lipinski definition) is 3. The van der Waals surface area contributed by atoms with Crippen molar-refractivity contribution in [3.8, 4) is 5.75 Å². The third kappa shape index (κ3) is 4.91. The van der Waals surface area contributed by atoms with Gasteiger partial charge in [-0.05, 0) is 31.0 Å². The maximum Gasteiger partial charge on any atom is 0.224 e. The van der Waals surface area contributed by atoms with Crippen LogP contribution in [0.2, 0.25) is 0 Å². The fourth-order valence-corrected chi connectivity index (χ4v) is 1.83. The second-order valence-corrected chi connectivity index (χ2v) is 4.63. The van der Waals surface area contributed by atoms with E-state index in [1.165, 1.54) is 0 Å². The molecule has 0 radical (unpaired) electrons. The maximum absolute atomic E-state index is 12.1. The highest BCUT2D eigenvalue weighted by Gasteiger charge is 2.15. The van der Waals surface area contributed by atoms with Gasteiger partial charge in [-0.2, -0.15) is 0 Å². The molecular weight excluding hydrogens is 240 g/mol. The maximum atomic E-state index is 12.1. The number of ether oxygens (including phenoxy) is 1. The molecule has 0 fully saturated rings. The van der Waals surface area contributed by atoms with Crippen LogP contribution in [0, 0.1) is 0 Å². The largest absolute Gasteiger partial charge is 0.497 e. The number of rotatable bonds is 7. The van der Waals surface area contributed by atoms with Crippen LogP contribution in [0.1, 0.15) is 32.3 Å². The normalized spacial score (nSPS) is 12.0. The number of nitrogens with zero attached hydrogens (tertiary/aromatic N) is 1. The van der Waals surface area contributed by atoms with Crippen molar-refractivity contribution in [3.05, 3.63) is 29.8 Å². The summed E-state index contributed by atoms with van der Waals surface area (Å²) in [6, 6.07) is 7.73. The summed E-state index contributed by atoms with van der Waals surface area (Å²) in [7, 11) is 1.64. The van der Waals surface area contributed by atoms with Crippen molar-refractivity contribution in [2.45, 2.75) is 39.3 Å². The van der Waals surface area contributed by atoms with E-state index in [1.54, 1.807) is 7.11 Å². The number of nitrogens with two attached hydrogens (primary N) is 1. The Morgan fingerprint density at radius 3 is 2.42 bits per heavy atom. The molecule has 1 unspecified atom stereocenters. The van der Waals surface area contributed by atoms with E-state index in [2.05, 4.69) is 0 Å². The number of benzene rings is 1. The van der Waals surface area contributed by atoms with Crippen LogP contribution in [-0.2, 0) is 11.3 Å². The van der Waals surface area contributed by atoms with Crippen LogP contribution in [0.5, 0.6) is 5.75 Å². The second-order valence-electron chi connectivity index (χ2n) is 4.63. The average molecular weight is 264 g/mol. The molecule has 0 bridgehead atoms. The van der Waals surface area contributed by atoms with E-state index in [0.29, 0.717) is 19.5 Å². The topological polar surface area (TPSA) is 55.6 Å². The standard InChI is InChI=1S/C15H24N2O2/c1-4-13(16)10-15(18)17(5-2)11-12-6-8-14(19-3)9-7-12/h6-9,13H,4-5,10-11,16H2,1-3H3. The van der Waals surface area contributed by atoms with Crippen molar-refractivity contribution < 1.29 is 9.53 Å². The van der Waals surface area contributed by atoms with Crippen LogP contribution in [-0.4, -0.2) is 30.5 Å². The third-order valence-electron chi connectivity index (χ3n) is 3.23. The molecule has 19 heavy (non-hydrogen) atoms. The van der Waals surface area contributed by atoms with Crippen molar-refractivity contribution in [2.75, 3.05) is 13.7 Å². The Hall–Kier alpha value is -1.55. The Bertz CT molecular complexity index is 390. The first-order valence-electron chi connectivity index (χ1n) is 6.77. The number of carbonyl (C=O) groups excluding carboxylic acids is 1. The summed E-state index contributed by atoms with van der Waals surface area (Å²) < 4.78 is 5.12. The van der Waals surface area contributed by atoms with Gasteiger partial charge in [0.25, 0.3) is 0 Å². The molecule has 1 rings (SSSR count). The molecule has 1 amide bonds. The van der Waals surface area contributed by atoms with Crippen LogP contribution in [0.4, 0.5) is 0 Å². The van der Waals surface area contributed by atoms with E-state index >= 15 is 0 Å². The predicted octanol–water partition coefficient (Wildman–Crippen LogP) is 2.17. The van der Waals surface area contributed by atoms with Crippen LogP contribution in [0.25, 0.3) is 0 Å². The Morgan fingerprint density at radius 2 is 1.95 bits per heavy atom. The Balaban J connectivity index is 2.62. The average Bonchev–Trinajstić information content (AvgIpc) is 2.44. The number of amides is 1. The zero-order valence-electron chi connectivity index (χ0n) is 12.1. The predicted molar refractivity (Wildman–Crippen MR) is 77.0 cm³/mol.